The Hall–Kier alpha value is -3.13. The number of fused-ring (bicyclic) bond motifs is 1. The van der Waals surface area contributed by atoms with Gasteiger partial charge >= 0.3 is 0 Å². The highest BCUT2D eigenvalue weighted by molar-refractivity contribution is 5.93. The highest BCUT2D eigenvalue weighted by atomic mass is 16.1. The molecule has 4 aromatic rings. The standard InChI is InChI=1S/C25H23NO/c1-17-13-14-21-23(15-17)26-25(20-11-7-4-8-12-20)24(21)22(16-18(2)27)19-9-5-3-6-10-19/h3-15,22,26H,16H2,1-2H3. The Morgan fingerprint density at radius 2 is 1.59 bits per heavy atom. The molecule has 1 heterocycles. The van der Waals surface area contributed by atoms with Crippen molar-refractivity contribution in [1.82, 2.24) is 4.98 Å². The Bertz CT molecular complexity index is 1080. The fraction of sp³-hybridized carbons (Fsp3) is 0.160. The van der Waals surface area contributed by atoms with E-state index in [0.29, 0.717) is 6.42 Å². The molecule has 3 aromatic carbocycles. The van der Waals surface area contributed by atoms with E-state index >= 15 is 0 Å². The van der Waals surface area contributed by atoms with Crippen LogP contribution >= 0.6 is 0 Å². The number of hydrogen-bond acceptors (Lipinski definition) is 1. The molecule has 134 valence electrons. The van der Waals surface area contributed by atoms with Gasteiger partial charge in [-0.3, -0.25) is 4.79 Å². The average molecular weight is 353 g/mol. The van der Waals surface area contributed by atoms with Crippen LogP contribution in [0.3, 0.4) is 0 Å². The van der Waals surface area contributed by atoms with Gasteiger partial charge in [0.25, 0.3) is 0 Å². The number of benzene rings is 3. The molecular weight excluding hydrogens is 330 g/mol. The van der Waals surface area contributed by atoms with Crippen LogP contribution in [0, 0.1) is 6.92 Å². The topological polar surface area (TPSA) is 32.9 Å². The van der Waals surface area contributed by atoms with E-state index in [2.05, 4.69) is 66.5 Å². The first kappa shape index (κ1) is 17.3. The van der Waals surface area contributed by atoms with Gasteiger partial charge in [-0.05, 0) is 42.2 Å². The zero-order chi connectivity index (χ0) is 18.8. The third kappa shape index (κ3) is 3.43. The van der Waals surface area contributed by atoms with E-state index in [1.54, 1.807) is 6.92 Å². The molecule has 0 aliphatic carbocycles. The fourth-order valence-electron chi connectivity index (χ4n) is 3.89. The molecule has 1 N–H and O–H groups in total. The number of Topliss-reactive ketones (excluding diaryl/α,β-unsaturated/α-hetero) is 1. The van der Waals surface area contributed by atoms with E-state index < -0.39 is 0 Å². The summed E-state index contributed by atoms with van der Waals surface area (Å²) in [5, 5.41) is 1.19. The molecule has 0 spiro atoms. The minimum Gasteiger partial charge on any atom is -0.354 e. The lowest BCUT2D eigenvalue weighted by molar-refractivity contribution is -0.117. The van der Waals surface area contributed by atoms with Crippen molar-refractivity contribution >= 4 is 16.7 Å². The van der Waals surface area contributed by atoms with Crippen molar-refractivity contribution in [2.24, 2.45) is 0 Å². The largest absolute Gasteiger partial charge is 0.354 e. The van der Waals surface area contributed by atoms with Gasteiger partial charge in [-0.25, -0.2) is 0 Å². The summed E-state index contributed by atoms with van der Waals surface area (Å²) >= 11 is 0. The predicted molar refractivity (Wildman–Crippen MR) is 112 cm³/mol. The SMILES string of the molecule is CC(=O)CC(c1ccccc1)c1c(-c2ccccc2)[nH]c2cc(C)ccc12. The Morgan fingerprint density at radius 1 is 0.926 bits per heavy atom. The van der Waals surface area contributed by atoms with Crippen LogP contribution in [0.4, 0.5) is 0 Å². The van der Waals surface area contributed by atoms with E-state index in [1.807, 2.05) is 24.3 Å². The molecule has 0 bridgehead atoms. The minimum absolute atomic E-state index is 0.0235. The maximum atomic E-state index is 12.2. The maximum absolute atomic E-state index is 12.2. The lowest BCUT2D eigenvalue weighted by Crippen LogP contribution is -2.07. The number of aryl methyl sites for hydroxylation is 1. The van der Waals surface area contributed by atoms with Crippen LogP contribution in [0.1, 0.15) is 36.0 Å². The van der Waals surface area contributed by atoms with E-state index in [-0.39, 0.29) is 11.7 Å². The molecule has 0 saturated carbocycles. The molecule has 1 atom stereocenters. The molecule has 0 aliphatic heterocycles. The summed E-state index contributed by atoms with van der Waals surface area (Å²) in [6.07, 6.45) is 0.491. The van der Waals surface area contributed by atoms with Crippen molar-refractivity contribution < 1.29 is 4.79 Å². The normalized spacial score (nSPS) is 12.2. The number of rotatable bonds is 5. The quantitative estimate of drug-likeness (QED) is 0.451. The first-order chi connectivity index (χ1) is 13.1. The molecule has 0 radical (unpaired) electrons. The molecule has 2 heteroatoms. The molecule has 0 fully saturated rings. The molecule has 4 rings (SSSR count). The second-order valence-corrected chi connectivity index (χ2v) is 7.20. The van der Waals surface area contributed by atoms with Crippen molar-refractivity contribution in [3.8, 4) is 11.3 Å². The molecule has 0 aliphatic rings. The number of ketones is 1. The summed E-state index contributed by atoms with van der Waals surface area (Å²) in [5.74, 6) is 0.222. The summed E-state index contributed by atoms with van der Waals surface area (Å²) in [6, 6.07) is 27.2. The third-order valence-electron chi connectivity index (χ3n) is 5.10. The fourth-order valence-corrected chi connectivity index (χ4v) is 3.89. The van der Waals surface area contributed by atoms with Gasteiger partial charge in [-0.15, -0.1) is 0 Å². The van der Waals surface area contributed by atoms with E-state index in [9.17, 15) is 4.79 Å². The lowest BCUT2D eigenvalue weighted by Gasteiger charge is -2.18. The van der Waals surface area contributed by atoms with Gasteiger partial charge < -0.3 is 4.98 Å². The van der Waals surface area contributed by atoms with Crippen LogP contribution < -0.4 is 0 Å². The number of carbonyl (C=O) groups is 1. The first-order valence-corrected chi connectivity index (χ1v) is 9.35. The highest BCUT2D eigenvalue weighted by Crippen LogP contribution is 2.40. The third-order valence-corrected chi connectivity index (χ3v) is 5.10. The van der Waals surface area contributed by atoms with Crippen LogP contribution in [0.15, 0.2) is 78.9 Å². The van der Waals surface area contributed by atoms with Gasteiger partial charge in [0.1, 0.15) is 5.78 Å². The number of carbonyl (C=O) groups excluding carboxylic acids is 1. The second kappa shape index (κ2) is 7.24. The monoisotopic (exact) mass is 353 g/mol. The maximum Gasteiger partial charge on any atom is 0.130 e. The second-order valence-electron chi connectivity index (χ2n) is 7.20. The molecule has 1 unspecified atom stereocenters. The van der Waals surface area contributed by atoms with E-state index in [0.717, 1.165) is 16.8 Å². The van der Waals surface area contributed by atoms with Gasteiger partial charge in [0, 0.05) is 23.2 Å². The van der Waals surface area contributed by atoms with Gasteiger partial charge in [0.2, 0.25) is 0 Å². The van der Waals surface area contributed by atoms with Gasteiger partial charge in [0.05, 0.1) is 5.69 Å². The highest BCUT2D eigenvalue weighted by Gasteiger charge is 2.24. The summed E-state index contributed by atoms with van der Waals surface area (Å²) in [7, 11) is 0. The van der Waals surface area contributed by atoms with Crippen molar-refractivity contribution in [2.75, 3.05) is 0 Å². The Labute approximate surface area is 159 Å². The smallest absolute Gasteiger partial charge is 0.130 e. The average Bonchev–Trinajstić information content (AvgIpc) is 3.05. The molecule has 0 saturated heterocycles. The number of H-pyrrole nitrogens is 1. The minimum atomic E-state index is 0.0235. The van der Waals surface area contributed by atoms with Gasteiger partial charge in [-0.1, -0.05) is 72.8 Å². The lowest BCUT2D eigenvalue weighted by atomic mass is 9.84. The summed E-state index contributed by atoms with van der Waals surface area (Å²) in [6.45, 7) is 3.78. The summed E-state index contributed by atoms with van der Waals surface area (Å²) < 4.78 is 0. The van der Waals surface area contributed by atoms with Gasteiger partial charge in [-0.2, -0.15) is 0 Å². The zero-order valence-electron chi connectivity index (χ0n) is 15.7. The van der Waals surface area contributed by atoms with Crippen molar-refractivity contribution in [1.29, 1.82) is 0 Å². The Balaban J connectivity index is 2.01. The van der Waals surface area contributed by atoms with Crippen LogP contribution in [-0.4, -0.2) is 10.8 Å². The van der Waals surface area contributed by atoms with Crippen LogP contribution in [0.25, 0.3) is 22.2 Å². The molecule has 27 heavy (non-hydrogen) atoms. The summed E-state index contributed by atoms with van der Waals surface area (Å²) in [5.41, 5.74) is 6.96. The number of nitrogens with one attached hydrogen (secondary N) is 1. The van der Waals surface area contributed by atoms with E-state index in [1.165, 1.54) is 22.1 Å². The Kier molecular flexibility index (Phi) is 4.64. The van der Waals surface area contributed by atoms with Crippen LogP contribution in [0.5, 0.6) is 0 Å². The summed E-state index contributed by atoms with van der Waals surface area (Å²) in [4.78, 5) is 15.8. The van der Waals surface area contributed by atoms with Crippen LogP contribution in [0.2, 0.25) is 0 Å². The van der Waals surface area contributed by atoms with E-state index in [4.69, 9.17) is 0 Å². The van der Waals surface area contributed by atoms with Gasteiger partial charge in [0.15, 0.2) is 0 Å². The molecule has 0 amide bonds. The predicted octanol–water partition coefficient (Wildman–Crippen LogP) is 6.25. The number of aromatic nitrogens is 1. The van der Waals surface area contributed by atoms with Crippen molar-refractivity contribution in [3.05, 3.63) is 95.6 Å². The van der Waals surface area contributed by atoms with Crippen molar-refractivity contribution in [3.63, 3.8) is 0 Å². The van der Waals surface area contributed by atoms with Crippen LogP contribution in [-0.2, 0) is 4.79 Å². The molecule has 2 nitrogen and oxygen atoms in total. The molecule has 1 aromatic heterocycles. The van der Waals surface area contributed by atoms with Crippen molar-refractivity contribution in [2.45, 2.75) is 26.2 Å². The first-order valence-electron chi connectivity index (χ1n) is 9.35. The number of hydrogen-bond donors (Lipinski definition) is 1. The zero-order valence-corrected chi connectivity index (χ0v) is 15.7. The number of aromatic amines is 1. The Morgan fingerprint density at radius 3 is 2.26 bits per heavy atom. The molecular formula is C25H23NO.